The van der Waals surface area contributed by atoms with Gasteiger partial charge in [-0.15, -0.1) is 0 Å². The summed E-state index contributed by atoms with van der Waals surface area (Å²) in [6.07, 6.45) is 83.2. The fraction of sp³-hybridized carbons (Fsp3) is 0.754. The third-order valence-corrected chi connectivity index (χ3v) is 13.9. The van der Waals surface area contributed by atoms with Crippen LogP contribution < -0.4 is 0 Å². The van der Waals surface area contributed by atoms with E-state index in [-0.39, 0.29) is 31.1 Å². The standard InChI is InChI=1S/C69H120O6/c1-4-7-10-13-16-19-22-24-26-28-29-30-31-32-33-34-35-36-37-38-39-41-42-44-47-50-53-56-59-62-68(71)74-65-66(64-73-67(70)61-58-55-52-49-46-21-18-15-12-9-6-3)75-69(72)63-60-57-54-51-48-45-43-40-27-25-23-20-17-14-11-8-5-2/h8,11,15,17-18,20,22,24-25,27-29,43,45,66H,4-7,9-10,12-14,16,19,21,23,26,30-42,44,46-65H2,1-3H3/b11-8-,18-15-,20-17-,24-22-,27-25-,29-28-,45-43-. The average molecular weight is 1050 g/mol. The van der Waals surface area contributed by atoms with E-state index in [9.17, 15) is 14.4 Å². The molecule has 0 amide bonds. The fourth-order valence-corrected chi connectivity index (χ4v) is 9.03. The molecule has 6 heteroatoms. The van der Waals surface area contributed by atoms with Crippen LogP contribution in [-0.2, 0) is 28.6 Å². The van der Waals surface area contributed by atoms with Crippen LogP contribution in [0.15, 0.2) is 85.1 Å². The number of ether oxygens (including phenoxy) is 3. The first-order valence-corrected chi connectivity index (χ1v) is 32.1. The average Bonchev–Trinajstić information content (AvgIpc) is 3.41. The van der Waals surface area contributed by atoms with Crippen molar-refractivity contribution in [3.63, 3.8) is 0 Å². The molecule has 0 N–H and O–H groups in total. The Labute approximate surface area is 465 Å². The Balaban J connectivity index is 4.20. The number of rotatable bonds is 58. The SMILES string of the molecule is CC/C=C\C/C=C\C/C=C\C/C=C\CCCCCCC(=O)OC(COC(=O)CCCCCCC/C=C\CCCC)COC(=O)CCCCCCCCCCCCCCCCCCC/C=C\C/C=C\CCCCCCC. The zero-order valence-corrected chi connectivity index (χ0v) is 49.6. The number of unbranched alkanes of at least 4 members (excludes halogenated alkanes) is 33. The van der Waals surface area contributed by atoms with E-state index in [2.05, 4.69) is 106 Å². The molecule has 6 nitrogen and oxygen atoms in total. The Hall–Kier alpha value is -3.41. The molecule has 432 valence electrons. The summed E-state index contributed by atoms with van der Waals surface area (Å²) in [5, 5.41) is 0. The monoisotopic (exact) mass is 1040 g/mol. The lowest BCUT2D eigenvalue weighted by molar-refractivity contribution is -0.167. The largest absolute Gasteiger partial charge is 0.462 e. The smallest absolute Gasteiger partial charge is 0.306 e. The van der Waals surface area contributed by atoms with Crippen molar-refractivity contribution in [1.29, 1.82) is 0 Å². The third kappa shape index (κ3) is 61.3. The van der Waals surface area contributed by atoms with Crippen molar-refractivity contribution in [1.82, 2.24) is 0 Å². The molecule has 0 aromatic carbocycles. The summed E-state index contributed by atoms with van der Waals surface area (Å²) in [6.45, 7) is 6.48. The van der Waals surface area contributed by atoms with Crippen LogP contribution in [0, 0.1) is 0 Å². The van der Waals surface area contributed by atoms with Gasteiger partial charge in [0, 0.05) is 19.3 Å². The molecule has 1 atom stereocenters. The normalized spacial score (nSPS) is 12.6. The molecule has 0 aliphatic carbocycles. The second-order valence-electron chi connectivity index (χ2n) is 21.3. The Morgan fingerprint density at radius 3 is 0.867 bits per heavy atom. The van der Waals surface area contributed by atoms with Gasteiger partial charge >= 0.3 is 17.9 Å². The van der Waals surface area contributed by atoms with Crippen molar-refractivity contribution < 1.29 is 28.6 Å². The van der Waals surface area contributed by atoms with Crippen molar-refractivity contribution in [3.05, 3.63) is 85.1 Å². The van der Waals surface area contributed by atoms with Crippen LogP contribution in [0.3, 0.4) is 0 Å². The minimum Gasteiger partial charge on any atom is -0.462 e. The van der Waals surface area contributed by atoms with E-state index in [0.717, 1.165) is 109 Å². The van der Waals surface area contributed by atoms with Gasteiger partial charge < -0.3 is 14.2 Å². The van der Waals surface area contributed by atoms with Gasteiger partial charge in [0.25, 0.3) is 0 Å². The lowest BCUT2D eigenvalue weighted by atomic mass is 10.0. The van der Waals surface area contributed by atoms with Crippen LogP contribution in [0.25, 0.3) is 0 Å². The number of carbonyl (C=O) groups excluding carboxylic acids is 3. The predicted molar refractivity (Wildman–Crippen MR) is 325 cm³/mol. The third-order valence-electron chi connectivity index (χ3n) is 13.9. The summed E-state index contributed by atoms with van der Waals surface area (Å²) in [5.74, 6) is -0.912. The van der Waals surface area contributed by atoms with E-state index in [1.807, 2.05) is 0 Å². The summed E-state index contributed by atoms with van der Waals surface area (Å²) in [4.78, 5) is 38.2. The number of hydrogen-bond donors (Lipinski definition) is 0. The Morgan fingerprint density at radius 1 is 0.280 bits per heavy atom. The lowest BCUT2D eigenvalue weighted by Gasteiger charge is -2.18. The van der Waals surface area contributed by atoms with Crippen molar-refractivity contribution in [2.75, 3.05) is 13.2 Å². The first-order valence-electron chi connectivity index (χ1n) is 32.1. The van der Waals surface area contributed by atoms with E-state index < -0.39 is 6.10 Å². The van der Waals surface area contributed by atoms with Crippen LogP contribution in [0.1, 0.15) is 316 Å². The molecule has 1 unspecified atom stereocenters. The van der Waals surface area contributed by atoms with Crippen molar-refractivity contribution in [2.45, 2.75) is 322 Å². The van der Waals surface area contributed by atoms with Crippen LogP contribution in [-0.4, -0.2) is 37.2 Å². The molecule has 75 heavy (non-hydrogen) atoms. The molecule has 0 radical (unpaired) electrons. The van der Waals surface area contributed by atoms with Gasteiger partial charge in [0.2, 0.25) is 0 Å². The Kier molecular flexibility index (Phi) is 60.3. The van der Waals surface area contributed by atoms with Gasteiger partial charge in [-0.05, 0) is 109 Å². The molecule has 0 aromatic heterocycles. The van der Waals surface area contributed by atoms with Gasteiger partial charge in [0.1, 0.15) is 13.2 Å². The molecule has 0 aliphatic rings. The van der Waals surface area contributed by atoms with Crippen LogP contribution in [0.5, 0.6) is 0 Å². The van der Waals surface area contributed by atoms with Crippen LogP contribution in [0.2, 0.25) is 0 Å². The maximum absolute atomic E-state index is 12.9. The highest BCUT2D eigenvalue weighted by atomic mass is 16.6. The number of esters is 3. The predicted octanol–water partition coefficient (Wildman–Crippen LogP) is 21.9. The molecular weight excluding hydrogens is 925 g/mol. The summed E-state index contributed by atoms with van der Waals surface area (Å²) >= 11 is 0. The second kappa shape index (κ2) is 63.1. The van der Waals surface area contributed by atoms with Gasteiger partial charge in [0.05, 0.1) is 0 Å². The lowest BCUT2D eigenvalue weighted by Crippen LogP contribution is -2.30. The quantitative estimate of drug-likeness (QED) is 0.0261. The van der Waals surface area contributed by atoms with Gasteiger partial charge in [-0.2, -0.15) is 0 Å². The van der Waals surface area contributed by atoms with Gasteiger partial charge in [-0.1, -0.05) is 273 Å². The summed E-state index contributed by atoms with van der Waals surface area (Å²) in [5.41, 5.74) is 0. The molecule has 0 saturated heterocycles. The number of hydrogen-bond acceptors (Lipinski definition) is 6. The minimum absolute atomic E-state index is 0.0874. The molecule has 0 aromatic rings. The van der Waals surface area contributed by atoms with Crippen molar-refractivity contribution in [2.24, 2.45) is 0 Å². The van der Waals surface area contributed by atoms with E-state index in [1.165, 1.54) is 167 Å². The van der Waals surface area contributed by atoms with Gasteiger partial charge in [-0.25, -0.2) is 0 Å². The number of allylic oxidation sites excluding steroid dienone is 14. The fourth-order valence-electron chi connectivity index (χ4n) is 9.03. The first kappa shape index (κ1) is 71.6. The minimum atomic E-state index is -0.792. The summed E-state index contributed by atoms with van der Waals surface area (Å²) < 4.78 is 16.9. The zero-order valence-electron chi connectivity index (χ0n) is 49.6. The summed E-state index contributed by atoms with van der Waals surface area (Å²) in [7, 11) is 0. The van der Waals surface area contributed by atoms with Gasteiger partial charge in [-0.3, -0.25) is 14.4 Å². The molecule has 0 saturated carbocycles. The molecule has 0 spiro atoms. The number of carbonyl (C=O) groups is 3. The van der Waals surface area contributed by atoms with E-state index in [0.29, 0.717) is 19.3 Å². The Bertz CT molecular complexity index is 1430. The first-order chi connectivity index (χ1) is 37.0. The summed E-state index contributed by atoms with van der Waals surface area (Å²) in [6, 6.07) is 0. The molecule has 0 rings (SSSR count). The molecule has 0 aliphatic heterocycles. The Morgan fingerprint density at radius 2 is 0.533 bits per heavy atom. The topological polar surface area (TPSA) is 78.9 Å². The maximum Gasteiger partial charge on any atom is 0.306 e. The van der Waals surface area contributed by atoms with E-state index >= 15 is 0 Å². The van der Waals surface area contributed by atoms with Crippen LogP contribution in [0.4, 0.5) is 0 Å². The zero-order chi connectivity index (χ0) is 54.3. The second-order valence-corrected chi connectivity index (χ2v) is 21.3. The highest BCUT2D eigenvalue weighted by Gasteiger charge is 2.19. The van der Waals surface area contributed by atoms with Crippen molar-refractivity contribution >= 4 is 17.9 Å². The molecule has 0 heterocycles. The van der Waals surface area contributed by atoms with E-state index in [1.54, 1.807) is 0 Å². The highest BCUT2D eigenvalue weighted by Crippen LogP contribution is 2.16. The molecule has 0 bridgehead atoms. The van der Waals surface area contributed by atoms with Gasteiger partial charge in [0.15, 0.2) is 6.10 Å². The van der Waals surface area contributed by atoms with Crippen LogP contribution >= 0.6 is 0 Å². The molecular formula is C69H120O6. The highest BCUT2D eigenvalue weighted by molar-refractivity contribution is 5.71. The van der Waals surface area contributed by atoms with E-state index in [4.69, 9.17) is 14.2 Å². The molecule has 0 fully saturated rings. The van der Waals surface area contributed by atoms with Crippen molar-refractivity contribution in [3.8, 4) is 0 Å². The maximum atomic E-state index is 12.9.